The number of fused-ring (bicyclic) bond motifs is 1. The molecule has 0 aromatic heterocycles. The molecule has 0 aromatic rings. The Kier molecular flexibility index (Phi) is 1.89. The predicted octanol–water partition coefficient (Wildman–Crippen LogP) is -0.0134. The van der Waals surface area contributed by atoms with Gasteiger partial charge in [0.25, 0.3) is 6.04 Å². The van der Waals surface area contributed by atoms with E-state index in [0.717, 1.165) is 6.08 Å². The van der Waals surface area contributed by atoms with E-state index < -0.39 is 16.9 Å². The zero-order chi connectivity index (χ0) is 11.0. The van der Waals surface area contributed by atoms with E-state index in [1.807, 2.05) is 0 Å². The van der Waals surface area contributed by atoms with Gasteiger partial charge in [0.2, 0.25) is 0 Å². The van der Waals surface area contributed by atoms with Crippen LogP contribution < -0.4 is 0 Å². The maximum absolute atomic E-state index is 11.2. The van der Waals surface area contributed by atoms with Crippen LogP contribution in [0.15, 0.2) is 34.0 Å². The molecule has 1 amide bonds. The van der Waals surface area contributed by atoms with Crippen molar-refractivity contribution in [2.75, 3.05) is 0 Å². The first kappa shape index (κ1) is 9.19. The zero-order valence-electron chi connectivity index (χ0n) is 7.23. The average molecular weight is 208 g/mol. The van der Waals surface area contributed by atoms with Crippen LogP contribution >= 0.6 is 0 Å². The van der Waals surface area contributed by atoms with Crippen molar-refractivity contribution in [3.05, 3.63) is 39.1 Å². The molecule has 76 valence electrons. The molecule has 2 aliphatic rings. The van der Waals surface area contributed by atoms with Gasteiger partial charge in [-0.15, -0.1) is 0 Å². The average Bonchev–Trinajstić information content (AvgIpc) is 2.16. The third-order valence-corrected chi connectivity index (χ3v) is 1.91. The van der Waals surface area contributed by atoms with Crippen LogP contribution in [0.1, 0.15) is 0 Å². The summed E-state index contributed by atoms with van der Waals surface area (Å²) < 4.78 is 0. The van der Waals surface area contributed by atoms with Gasteiger partial charge in [0.15, 0.2) is 0 Å². The fraction of sp³-hybridized carbons (Fsp3) is 0.143. The van der Waals surface area contributed by atoms with E-state index in [1.54, 1.807) is 0 Å². The fourth-order valence-electron chi connectivity index (χ4n) is 1.24. The van der Waals surface area contributed by atoms with E-state index in [2.05, 4.69) is 10.2 Å². The Bertz CT molecular complexity index is 473. The van der Waals surface area contributed by atoms with E-state index >= 15 is 0 Å². The van der Waals surface area contributed by atoms with Crippen LogP contribution in [0, 0.1) is 15.3 Å². The highest BCUT2D eigenvalue weighted by Gasteiger charge is 2.31. The first-order valence-corrected chi connectivity index (χ1v) is 3.93. The lowest BCUT2D eigenvalue weighted by Gasteiger charge is -2.10. The van der Waals surface area contributed by atoms with Crippen molar-refractivity contribution in [2.24, 2.45) is 10.2 Å². The number of allylic oxidation sites excluding steroid dienone is 1. The topological polar surface area (TPSA) is 111 Å². The number of nitro groups is 1. The summed E-state index contributed by atoms with van der Waals surface area (Å²) in [6.45, 7) is 0. The molecule has 1 unspecified atom stereocenters. The van der Waals surface area contributed by atoms with Crippen molar-refractivity contribution in [3.63, 3.8) is 0 Å². The fourth-order valence-corrected chi connectivity index (χ4v) is 1.24. The summed E-state index contributed by atoms with van der Waals surface area (Å²) in [6.07, 6.45) is 3.63. The minimum atomic E-state index is -1.07. The van der Waals surface area contributed by atoms with Crippen LogP contribution in [-0.2, 0) is 4.79 Å². The summed E-state index contributed by atoms with van der Waals surface area (Å²) in [7, 11) is 0. The molecule has 1 heterocycles. The van der Waals surface area contributed by atoms with E-state index in [1.165, 1.54) is 12.2 Å². The van der Waals surface area contributed by atoms with Crippen molar-refractivity contribution >= 4 is 11.6 Å². The van der Waals surface area contributed by atoms with Gasteiger partial charge in [0.1, 0.15) is 5.71 Å². The van der Waals surface area contributed by atoms with Gasteiger partial charge in [-0.2, -0.15) is 0 Å². The molecule has 0 N–H and O–H groups in total. The van der Waals surface area contributed by atoms with Gasteiger partial charge in [0.05, 0.1) is 15.7 Å². The molecule has 0 aromatic carbocycles. The number of hydrazone groups is 1. The standard InChI is InChI=1S/C7H4N4O4/c12-7-5-3-4(10(13)14)1-2-6(5)8-11(15)9-7/h1-4H. The second-order valence-corrected chi connectivity index (χ2v) is 2.86. The summed E-state index contributed by atoms with van der Waals surface area (Å²) in [5, 5.41) is 27.5. The third-order valence-electron chi connectivity index (χ3n) is 1.91. The highest BCUT2D eigenvalue weighted by molar-refractivity contribution is 6.26. The number of carbonyl (C=O) groups is 1. The van der Waals surface area contributed by atoms with E-state index in [0.29, 0.717) is 0 Å². The number of nitrogens with zero attached hydrogens (tertiary/aromatic N) is 4. The maximum atomic E-state index is 11.2. The summed E-state index contributed by atoms with van der Waals surface area (Å²) in [6, 6.07) is -1.07. The van der Waals surface area contributed by atoms with Gasteiger partial charge in [-0.3, -0.25) is 14.9 Å². The highest BCUT2D eigenvalue weighted by atomic mass is 16.6. The number of amides is 1. The largest absolute Gasteiger partial charge is 0.569 e. The Balaban J connectivity index is 2.42. The van der Waals surface area contributed by atoms with Gasteiger partial charge < -0.3 is 5.21 Å². The van der Waals surface area contributed by atoms with Crippen LogP contribution in [0.2, 0.25) is 0 Å². The Morgan fingerprint density at radius 2 is 2.27 bits per heavy atom. The van der Waals surface area contributed by atoms with Crippen LogP contribution in [0.25, 0.3) is 0 Å². The molecule has 1 aliphatic heterocycles. The number of hydrogen-bond acceptors (Lipinski definition) is 5. The maximum Gasteiger partial charge on any atom is 0.345 e. The van der Waals surface area contributed by atoms with Gasteiger partial charge >= 0.3 is 5.91 Å². The lowest BCUT2D eigenvalue weighted by molar-refractivity contribution is -0.530. The normalized spacial score (nSPS) is 23.9. The van der Waals surface area contributed by atoms with E-state index in [-0.39, 0.29) is 16.3 Å². The Labute approximate surface area is 82.6 Å². The van der Waals surface area contributed by atoms with E-state index in [9.17, 15) is 20.1 Å². The lowest BCUT2D eigenvalue weighted by Crippen LogP contribution is -2.26. The molecule has 1 atom stereocenters. The van der Waals surface area contributed by atoms with Crippen LogP contribution in [0.4, 0.5) is 0 Å². The van der Waals surface area contributed by atoms with Crippen LogP contribution in [-0.4, -0.2) is 27.6 Å². The van der Waals surface area contributed by atoms with Crippen molar-refractivity contribution in [3.8, 4) is 0 Å². The molecule has 0 radical (unpaired) electrons. The molecule has 15 heavy (non-hydrogen) atoms. The molecule has 0 saturated carbocycles. The van der Waals surface area contributed by atoms with Crippen LogP contribution in [0.3, 0.4) is 0 Å². The van der Waals surface area contributed by atoms with Crippen molar-refractivity contribution in [1.29, 1.82) is 0 Å². The van der Waals surface area contributed by atoms with Gasteiger partial charge in [-0.25, -0.2) is 0 Å². The highest BCUT2D eigenvalue weighted by Crippen LogP contribution is 2.16. The first-order valence-electron chi connectivity index (χ1n) is 3.93. The molecule has 0 saturated heterocycles. The first-order chi connectivity index (χ1) is 7.08. The molecule has 8 heteroatoms. The summed E-state index contributed by atoms with van der Waals surface area (Å²) in [5.41, 5.74) is 0.0920. The SMILES string of the molecule is O=C1N=[N+]([O-])N=C2C=CC([N+](=O)[O-])C=C12. The summed E-state index contributed by atoms with van der Waals surface area (Å²) in [4.78, 5) is 21.0. The second-order valence-electron chi connectivity index (χ2n) is 2.86. The lowest BCUT2D eigenvalue weighted by atomic mass is 10.0. The molecule has 0 bridgehead atoms. The Morgan fingerprint density at radius 3 is 2.93 bits per heavy atom. The molecule has 0 fully saturated rings. The molecule has 8 nitrogen and oxygen atoms in total. The molecular formula is C7H4N4O4. The minimum Gasteiger partial charge on any atom is -0.569 e. The third kappa shape index (κ3) is 1.52. The minimum absolute atomic E-state index is 0.00806. The Morgan fingerprint density at radius 1 is 1.53 bits per heavy atom. The molecule has 0 spiro atoms. The number of rotatable bonds is 1. The van der Waals surface area contributed by atoms with Crippen LogP contribution in [0.5, 0.6) is 0 Å². The molecule has 2 rings (SSSR count). The zero-order valence-corrected chi connectivity index (χ0v) is 7.23. The van der Waals surface area contributed by atoms with Crippen molar-refractivity contribution in [2.45, 2.75) is 6.04 Å². The van der Waals surface area contributed by atoms with Gasteiger partial charge in [-0.05, 0) is 12.2 Å². The van der Waals surface area contributed by atoms with Gasteiger partial charge in [-0.1, -0.05) is 0 Å². The molecule has 1 aliphatic carbocycles. The monoisotopic (exact) mass is 208 g/mol. The summed E-state index contributed by atoms with van der Waals surface area (Å²) in [5.74, 6) is -0.814. The predicted molar refractivity (Wildman–Crippen MR) is 46.5 cm³/mol. The number of hydrogen-bond donors (Lipinski definition) is 0. The quantitative estimate of drug-likeness (QED) is 0.261. The van der Waals surface area contributed by atoms with Crippen molar-refractivity contribution < 1.29 is 14.7 Å². The molecular weight excluding hydrogens is 204 g/mol. The summed E-state index contributed by atoms with van der Waals surface area (Å²) >= 11 is 0. The van der Waals surface area contributed by atoms with Gasteiger partial charge in [0, 0.05) is 16.1 Å². The van der Waals surface area contributed by atoms with E-state index in [4.69, 9.17) is 0 Å². The second kappa shape index (κ2) is 3.08. The van der Waals surface area contributed by atoms with Crippen molar-refractivity contribution in [1.82, 2.24) is 0 Å². The Hall–Kier alpha value is -2.38. The number of carbonyl (C=O) groups excluding carboxylic acids is 1. The smallest absolute Gasteiger partial charge is 0.345 e.